The minimum absolute atomic E-state index is 0.0242. The number of carbonyl (C=O) groups is 3. The smallest absolute Gasteiger partial charge is 0.385 e. The molecule has 0 unspecified atom stereocenters. The number of benzene rings is 2. The van der Waals surface area contributed by atoms with E-state index in [1.807, 2.05) is 34.9 Å². The first-order valence-electron chi connectivity index (χ1n) is 12.8. The average Bonchev–Trinajstić information content (AvgIpc) is 3.58. The van der Waals surface area contributed by atoms with Crippen LogP contribution >= 0.6 is 11.3 Å². The van der Waals surface area contributed by atoms with Crippen molar-refractivity contribution in [3.63, 3.8) is 0 Å². The van der Waals surface area contributed by atoms with Crippen LogP contribution in [-0.2, 0) is 27.4 Å². The molecule has 1 atom stereocenters. The van der Waals surface area contributed by atoms with Crippen molar-refractivity contribution in [1.29, 1.82) is 5.26 Å². The lowest BCUT2D eigenvalue weighted by atomic mass is 10.0. The Morgan fingerprint density at radius 1 is 1.14 bits per heavy atom. The topological polar surface area (TPSA) is 126 Å². The highest BCUT2D eigenvalue weighted by Gasteiger charge is 2.43. The SMILES string of the molecule is CC(C)C[C@H](NC(=O)c1cc2c(NCc3cncn3Cc3ccc(C#N)cc3)cccc2s1)C(=O)OC(=O)C(F)(F)F. The summed E-state index contributed by atoms with van der Waals surface area (Å²) in [5.74, 6) is -4.97. The Bertz CT molecular complexity index is 1640. The molecular formula is C29H26F3N5O4S. The molecule has 0 fully saturated rings. The zero-order valence-electron chi connectivity index (χ0n) is 22.6. The van der Waals surface area contributed by atoms with E-state index >= 15 is 0 Å². The molecular weight excluding hydrogens is 571 g/mol. The van der Waals surface area contributed by atoms with Gasteiger partial charge >= 0.3 is 18.1 Å². The van der Waals surface area contributed by atoms with E-state index in [0.717, 1.165) is 38.4 Å². The Balaban J connectivity index is 1.47. The molecule has 0 bridgehead atoms. The number of esters is 2. The second-order valence-electron chi connectivity index (χ2n) is 9.87. The molecule has 9 nitrogen and oxygen atoms in total. The number of halogens is 3. The van der Waals surface area contributed by atoms with Crippen LogP contribution in [0.2, 0.25) is 0 Å². The third kappa shape index (κ3) is 7.52. The second kappa shape index (κ2) is 12.9. The van der Waals surface area contributed by atoms with Crippen LogP contribution in [0, 0.1) is 17.2 Å². The Hall–Kier alpha value is -4.70. The van der Waals surface area contributed by atoms with Gasteiger partial charge in [-0.15, -0.1) is 11.3 Å². The number of amides is 1. The van der Waals surface area contributed by atoms with Crippen LogP contribution in [0.4, 0.5) is 18.9 Å². The van der Waals surface area contributed by atoms with E-state index in [9.17, 15) is 27.6 Å². The van der Waals surface area contributed by atoms with Crippen molar-refractivity contribution < 1.29 is 32.3 Å². The summed E-state index contributed by atoms with van der Waals surface area (Å²) in [7, 11) is 0. The standard InChI is InChI=1S/C29H26F3N5O4S/c1-17(2)10-23(27(39)41-28(40)29(30,31)32)36-26(38)25-11-21-22(4-3-5-24(21)42-25)35-14-20-13-34-16-37(20)15-19-8-6-18(12-33)7-9-19/h3-9,11,13,16-17,23,35H,10,14-15H2,1-2H3,(H,36,38)/t23-/m0/s1. The number of hydrogen-bond donors (Lipinski definition) is 2. The molecule has 2 aromatic heterocycles. The lowest BCUT2D eigenvalue weighted by molar-refractivity contribution is -0.202. The monoisotopic (exact) mass is 597 g/mol. The second-order valence-corrected chi connectivity index (χ2v) is 10.9. The Labute approximate surface area is 242 Å². The molecule has 4 rings (SSSR count). The zero-order chi connectivity index (χ0) is 30.4. The van der Waals surface area contributed by atoms with Crippen LogP contribution in [0.1, 0.15) is 46.8 Å². The molecule has 2 aromatic carbocycles. The highest BCUT2D eigenvalue weighted by atomic mass is 32.1. The number of anilines is 1. The van der Waals surface area contributed by atoms with Crippen LogP contribution in [0.25, 0.3) is 10.1 Å². The summed E-state index contributed by atoms with van der Waals surface area (Å²) in [6.45, 7) is 4.41. The molecule has 1 amide bonds. The van der Waals surface area contributed by atoms with E-state index in [1.54, 1.807) is 44.6 Å². The molecule has 42 heavy (non-hydrogen) atoms. The van der Waals surface area contributed by atoms with E-state index in [2.05, 4.69) is 26.4 Å². The summed E-state index contributed by atoms with van der Waals surface area (Å²) in [6.07, 6.45) is -1.91. The number of carbonyl (C=O) groups excluding carboxylic acids is 3. The lowest BCUT2D eigenvalue weighted by Crippen LogP contribution is -2.44. The fourth-order valence-corrected chi connectivity index (χ4v) is 5.16. The number of hydrogen-bond acceptors (Lipinski definition) is 8. The number of alkyl halides is 3. The van der Waals surface area contributed by atoms with Crippen LogP contribution in [0.3, 0.4) is 0 Å². The van der Waals surface area contributed by atoms with Crippen LogP contribution < -0.4 is 10.6 Å². The van der Waals surface area contributed by atoms with Gasteiger partial charge in [0.25, 0.3) is 5.91 Å². The van der Waals surface area contributed by atoms with Gasteiger partial charge in [0.1, 0.15) is 6.04 Å². The minimum atomic E-state index is -5.34. The minimum Gasteiger partial charge on any atom is -0.385 e. The van der Waals surface area contributed by atoms with Crippen molar-refractivity contribution >= 4 is 45.0 Å². The molecule has 0 saturated heterocycles. The summed E-state index contributed by atoms with van der Waals surface area (Å²) in [5.41, 5.74) is 3.22. The maximum Gasteiger partial charge on any atom is 0.491 e. The van der Waals surface area contributed by atoms with E-state index in [-0.39, 0.29) is 17.2 Å². The van der Waals surface area contributed by atoms with E-state index in [1.165, 1.54) is 0 Å². The van der Waals surface area contributed by atoms with E-state index in [4.69, 9.17) is 5.26 Å². The third-order valence-corrected chi connectivity index (χ3v) is 7.30. The number of nitrogens with zero attached hydrogens (tertiary/aromatic N) is 3. The molecule has 0 radical (unpaired) electrons. The normalized spacial score (nSPS) is 12.1. The van der Waals surface area contributed by atoms with E-state index < -0.39 is 30.1 Å². The van der Waals surface area contributed by atoms with Gasteiger partial charge in [0, 0.05) is 28.5 Å². The van der Waals surface area contributed by atoms with Gasteiger partial charge in [-0.25, -0.2) is 14.6 Å². The van der Waals surface area contributed by atoms with Gasteiger partial charge in [-0.05, 0) is 48.2 Å². The number of fused-ring (bicyclic) bond motifs is 1. The van der Waals surface area contributed by atoms with Crippen molar-refractivity contribution in [2.75, 3.05) is 5.32 Å². The summed E-state index contributed by atoms with van der Waals surface area (Å²) in [4.78, 5) is 41.0. The van der Waals surface area contributed by atoms with Gasteiger partial charge in [0.05, 0.1) is 35.1 Å². The van der Waals surface area contributed by atoms with Crippen LogP contribution in [-0.4, -0.2) is 39.6 Å². The maximum atomic E-state index is 13.0. The predicted octanol–water partition coefficient (Wildman–Crippen LogP) is 5.41. The number of rotatable bonds is 10. The van der Waals surface area contributed by atoms with E-state index in [0.29, 0.717) is 18.7 Å². The Morgan fingerprint density at radius 2 is 1.88 bits per heavy atom. The molecule has 0 aliphatic rings. The number of nitriles is 1. The molecule has 13 heteroatoms. The summed E-state index contributed by atoms with van der Waals surface area (Å²) >= 11 is 1.15. The fraction of sp³-hybridized carbons (Fsp3) is 0.276. The maximum absolute atomic E-state index is 13.0. The predicted molar refractivity (Wildman–Crippen MR) is 150 cm³/mol. The van der Waals surface area contributed by atoms with Gasteiger partial charge in [-0.1, -0.05) is 32.0 Å². The van der Waals surface area contributed by atoms with Crippen molar-refractivity contribution in [2.45, 2.75) is 45.6 Å². The molecule has 2 N–H and O–H groups in total. The number of thiophene rings is 1. The average molecular weight is 598 g/mol. The lowest BCUT2D eigenvalue weighted by Gasteiger charge is -2.18. The number of imidazole rings is 1. The van der Waals surface area contributed by atoms with Crippen molar-refractivity contribution in [1.82, 2.24) is 14.9 Å². The molecule has 0 aliphatic carbocycles. The first-order valence-corrected chi connectivity index (χ1v) is 13.6. The van der Waals surface area contributed by atoms with Crippen molar-refractivity contribution in [2.24, 2.45) is 5.92 Å². The van der Waals surface area contributed by atoms with Crippen LogP contribution in [0.15, 0.2) is 61.1 Å². The summed E-state index contributed by atoms with van der Waals surface area (Å²) < 4.78 is 44.5. The molecule has 0 spiro atoms. The number of aromatic nitrogens is 2. The quantitative estimate of drug-likeness (QED) is 0.185. The molecule has 4 aromatic rings. The number of ether oxygens (including phenoxy) is 1. The Morgan fingerprint density at radius 3 is 2.55 bits per heavy atom. The van der Waals surface area contributed by atoms with Gasteiger partial charge in [-0.2, -0.15) is 18.4 Å². The third-order valence-electron chi connectivity index (χ3n) is 6.20. The molecule has 218 valence electrons. The highest BCUT2D eigenvalue weighted by Crippen LogP contribution is 2.32. The molecule has 2 heterocycles. The summed E-state index contributed by atoms with van der Waals surface area (Å²) in [6, 6.07) is 15.0. The Kier molecular flexibility index (Phi) is 9.27. The first-order chi connectivity index (χ1) is 19.9. The van der Waals surface area contributed by atoms with Gasteiger partial charge in [0.2, 0.25) is 0 Å². The van der Waals surface area contributed by atoms with Crippen molar-refractivity contribution in [3.05, 3.63) is 82.8 Å². The first kappa shape index (κ1) is 30.3. The highest BCUT2D eigenvalue weighted by molar-refractivity contribution is 7.20. The molecule has 0 aliphatic heterocycles. The summed E-state index contributed by atoms with van der Waals surface area (Å²) in [5, 5.41) is 15.5. The fourth-order valence-electron chi connectivity index (χ4n) is 4.17. The molecule has 0 saturated carbocycles. The van der Waals surface area contributed by atoms with Crippen molar-refractivity contribution in [3.8, 4) is 6.07 Å². The zero-order valence-corrected chi connectivity index (χ0v) is 23.4. The van der Waals surface area contributed by atoms with Crippen LogP contribution in [0.5, 0.6) is 0 Å². The van der Waals surface area contributed by atoms with Gasteiger partial charge in [0.15, 0.2) is 0 Å². The van der Waals surface area contributed by atoms with Gasteiger partial charge in [-0.3, -0.25) is 4.79 Å². The largest absolute Gasteiger partial charge is 0.491 e. The van der Waals surface area contributed by atoms with Gasteiger partial charge < -0.3 is 19.9 Å². The number of nitrogens with one attached hydrogen (secondary N) is 2.